The largest absolute Gasteiger partial charge is 0.319 e. The van der Waals surface area contributed by atoms with Gasteiger partial charge in [0, 0.05) is 11.8 Å². The molecule has 1 N–H and O–H groups in total. The van der Waals surface area contributed by atoms with E-state index in [1.165, 1.54) is 37.1 Å². The Bertz CT molecular complexity index is 576. The molecule has 0 radical (unpaired) electrons. The fraction of sp³-hybridized carbons (Fsp3) is 0. The fourth-order valence-corrected chi connectivity index (χ4v) is 1.20. The molecule has 2 aromatic rings. The van der Waals surface area contributed by atoms with Gasteiger partial charge in [0.1, 0.15) is 18.1 Å². The van der Waals surface area contributed by atoms with E-state index in [0.717, 1.165) is 0 Å². The Hall–Kier alpha value is -2.81. The van der Waals surface area contributed by atoms with Crippen LogP contribution in [0.25, 0.3) is 0 Å². The topological polar surface area (TPSA) is 91.6 Å². The number of hydrogen-bond acceptors (Lipinski definition) is 5. The van der Waals surface area contributed by atoms with Gasteiger partial charge in [-0.15, -0.1) is 0 Å². The SMILES string of the molecule is N#Cc1cc(C(=O)Nc2cncnc2)ccn1. The Morgan fingerprint density at radius 1 is 1.35 bits per heavy atom. The number of carbonyl (C=O) groups is 1. The number of amides is 1. The third-order valence-corrected chi connectivity index (χ3v) is 1.96. The van der Waals surface area contributed by atoms with Gasteiger partial charge < -0.3 is 5.32 Å². The molecule has 0 spiro atoms. The molecule has 0 aliphatic rings. The number of nitriles is 1. The van der Waals surface area contributed by atoms with Crippen LogP contribution in [-0.4, -0.2) is 20.9 Å². The standard InChI is InChI=1S/C11H7N5O/c12-4-9-3-8(1-2-15-9)11(17)16-10-5-13-7-14-6-10/h1-3,5-7H,(H,16,17). The van der Waals surface area contributed by atoms with Gasteiger partial charge >= 0.3 is 0 Å². The van der Waals surface area contributed by atoms with Crippen LogP contribution in [0, 0.1) is 11.3 Å². The van der Waals surface area contributed by atoms with Crippen LogP contribution in [0.4, 0.5) is 5.69 Å². The molecule has 2 aromatic heterocycles. The smallest absolute Gasteiger partial charge is 0.255 e. The van der Waals surface area contributed by atoms with Crippen LogP contribution >= 0.6 is 0 Å². The zero-order chi connectivity index (χ0) is 12.1. The molecule has 17 heavy (non-hydrogen) atoms. The molecule has 82 valence electrons. The quantitative estimate of drug-likeness (QED) is 0.822. The van der Waals surface area contributed by atoms with Crippen molar-refractivity contribution in [3.05, 3.63) is 48.3 Å². The van der Waals surface area contributed by atoms with Gasteiger partial charge in [-0.1, -0.05) is 0 Å². The minimum Gasteiger partial charge on any atom is -0.319 e. The zero-order valence-corrected chi connectivity index (χ0v) is 8.66. The van der Waals surface area contributed by atoms with Crippen LogP contribution in [-0.2, 0) is 0 Å². The van der Waals surface area contributed by atoms with E-state index in [1.807, 2.05) is 6.07 Å². The number of pyridine rings is 1. The van der Waals surface area contributed by atoms with Crippen LogP contribution in [0.3, 0.4) is 0 Å². The molecule has 0 fully saturated rings. The summed E-state index contributed by atoms with van der Waals surface area (Å²) >= 11 is 0. The maximum Gasteiger partial charge on any atom is 0.255 e. The first-order valence-corrected chi connectivity index (χ1v) is 4.72. The Labute approximate surface area is 97.0 Å². The Morgan fingerprint density at radius 2 is 2.12 bits per heavy atom. The molecule has 0 unspecified atom stereocenters. The number of nitrogens with one attached hydrogen (secondary N) is 1. The highest BCUT2D eigenvalue weighted by Crippen LogP contribution is 2.06. The number of aromatic nitrogens is 3. The van der Waals surface area contributed by atoms with Crippen molar-refractivity contribution in [1.82, 2.24) is 15.0 Å². The van der Waals surface area contributed by atoms with Gasteiger partial charge in [-0.3, -0.25) is 4.79 Å². The van der Waals surface area contributed by atoms with E-state index in [0.29, 0.717) is 11.3 Å². The molecule has 6 heteroatoms. The molecule has 0 atom stereocenters. The first-order chi connectivity index (χ1) is 8.29. The van der Waals surface area contributed by atoms with Gasteiger partial charge in [-0.05, 0) is 12.1 Å². The normalized spacial score (nSPS) is 9.35. The fourth-order valence-electron chi connectivity index (χ4n) is 1.20. The third kappa shape index (κ3) is 2.60. The van der Waals surface area contributed by atoms with Crippen molar-refractivity contribution in [2.75, 3.05) is 5.32 Å². The van der Waals surface area contributed by atoms with Crippen LogP contribution in [0.1, 0.15) is 16.1 Å². The molecular formula is C11H7N5O. The summed E-state index contributed by atoms with van der Waals surface area (Å²) in [4.78, 5) is 23.1. The number of hydrogen-bond donors (Lipinski definition) is 1. The molecule has 6 nitrogen and oxygen atoms in total. The predicted octanol–water partition coefficient (Wildman–Crippen LogP) is 0.996. The van der Waals surface area contributed by atoms with Gasteiger partial charge in [0.05, 0.1) is 18.1 Å². The van der Waals surface area contributed by atoms with Gasteiger partial charge in [-0.25, -0.2) is 15.0 Å². The van der Waals surface area contributed by atoms with Crippen LogP contribution in [0.15, 0.2) is 37.1 Å². The molecule has 1 amide bonds. The van der Waals surface area contributed by atoms with Gasteiger partial charge in [0.15, 0.2) is 0 Å². The molecular weight excluding hydrogens is 218 g/mol. The second-order valence-electron chi connectivity index (χ2n) is 3.12. The van der Waals surface area contributed by atoms with Crippen molar-refractivity contribution >= 4 is 11.6 Å². The van der Waals surface area contributed by atoms with E-state index >= 15 is 0 Å². The van der Waals surface area contributed by atoms with Gasteiger partial charge in [-0.2, -0.15) is 5.26 Å². The van der Waals surface area contributed by atoms with Crippen LogP contribution in [0.2, 0.25) is 0 Å². The Balaban J connectivity index is 2.18. The van der Waals surface area contributed by atoms with E-state index in [2.05, 4.69) is 20.3 Å². The molecule has 2 rings (SSSR count). The number of anilines is 1. The number of rotatable bonds is 2. The lowest BCUT2D eigenvalue weighted by Gasteiger charge is -2.03. The summed E-state index contributed by atoms with van der Waals surface area (Å²) < 4.78 is 0. The summed E-state index contributed by atoms with van der Waals surface area (Å²) in [5, 5.41) is 11.3. The van der Waals surface area contributed by atoms with E-state index in [1.54, 1.807) is 0 Å². The van der Waals surface area contributed by atoms with E-state index < -0.39 is 0 Å². The van der Waals surface area contributed by atoms with E-state index in [9.17, 15) is 4.79 Å². The number of nitrogens with zero attached hydrogens (tertiary/aromatic N) is 4. The molecule has 0 saturated carbocycles. The summed E-state index contributed by atoms with van der Waals surface area (Å²) in [6, 6.07) is 4.81. The first-order valence-electron chi connectivity index (χ1n) is 4.72. The summed E-state index contributed by atoms with van der Waals surface area (Å²) in [6.07, 6.45) is 5.75. The number of carbonyl (C=O) groups excluding carboxylic acids is 1. The van der Waals surface area contributed by atoms with Crippen molar-refractivity contribution in [2.24, 2.45) is 0 Å². The summed E-state index contributed by atoms with van der Waals surface area (Å²) in [7, 11) is 0. The maximum atomic E-state index is 11.8. The minimum atomic E-state index is -0.335. The lowest BCUT2D eigenvalue weighted by molar-refractivity contribution is 0.102. The predicted molar refractivity (Wildman–Crippen MR) is 58.9 cm³/mol. The Kier molecular flexibility index (Phi) is 3.03. The summed E-state index contributed by atoms with van der Waals surface area (Å²) in [5.41, 5.74) is 1.05. The van der Waals surface area contributed by atoms with E-state index in [4.69, 9.17) is 5.26 Å². The maximum absolute atomic E-state index is 11.8. The second kappa shape index (κ2) is 4.81. The average Bonchev–Trinajstić information content (AvgIpc) is 2.40. The molecule has 0 aliphatic heterocycles. The van der Waals surface area contributed by atoms with Crippen molar-refractivity contribution in [2.45, 2.75) is 0 Å². The zero-order valence-electron chi connectivity index (χ0n) is 8.66. The van der Waals surface area contributed by atoms with Gasteiger partial charge in [0.2, 0.25) is 0 Å². The van der Waals surface area contributed by atoms with Crippen molar-refractivity contribution in [3.63, 3.8) is 0 Å². The molecule has 2 heterocycles. The van der Waals surface area contributed by atoms with Crippen molar-refractivity contribution in [3.8, 4) is 6.07 Å². The molecule has 0 aliphatic carbocycles. The summed E-state index contributed by atoms with van der Waals surface area (Å²) in [6.45, 7) is 0. The second-order valence-corrected chi connectivity index (χ2v) is 3.12. The highest BCUT2D eigenvalue weighted by atomic mass is 16.1. The highest BCUT2D eigenvalue weighted by Gasteiger charge is 2.07. The van der Waals surface area contributed by atoms with Crippen molar-refractivity contribution in [1.29, 1.82) is 5.26 Å². The third-order valence-electron chi connectivity index (χ3n) is 1.96. The molecule has 0 bridgehead atoms. The highest BCUT2D eigenvalue weighted by molar-refractivity contribution is 6.04. The minimum absolute atomic E-state index is 0.196. The Morgan fingerprint density at radius 3 is 2.82 bits per heavy atom. The monoisotopic (exact) mass is 225 g/mol. The van der Waals surface area contributed by atoms with Crippen LogP contribution < -0.4 is 5.32 Å². The molecule has 0 aromatic carbocycles. The van der Waals surface area contributed by atoms with Crippen molar-refractivity contribution < 1.29 is 4.79 Å². The molecule has 0 saturated heterocycles. The van der Waals surface area contributed by atoms with E-state index in [-0.39, 0.29) is 11.6 Å². The summed E-state index contributed by atoms with van der Waals surface area (Å²) in [5.74, 6) is -0.335. The van der Waals surface area contributed by atoms with Gasteiger partial charge in [0.25, 0.3) is 5.91 Å². The van der Waals surface area contributed by atoms with Crippen LogP contribution in [0.5, 0.6) is 0 Å². The lowest BCUT2D eigenvalue weighted by Crippen LogP contribution is -2.12. The average molecular weight is 225 g/mol. The lowest BCUT2D eigenvalue weighted by atomic mass is 10.2. The first kappa shape index (κ1) is 10.7.